The first-order valence-corrected chi connectivity index (χ1v) is 14.6. The number of carboxylic acids is 1. The number of fused-ring (bicyclic) bond motifs is 5. The van der Waals surface area contributed by atoms with E-state index < -0.39 is 11.7 Å². The summed E-state index contributed by atoms with van der Waals surface area (Å²) in [6, 6.07) is 9.18. The average molecular weight is 521 g/mol. The van der Waals surface area contributed by atoms with Crippen LogP contribution < -0.4 is 5.56 Å². The van der Waals surface area contributed by atoms with Crippen LogP contribution in [-0.4, -0.2) is 55.5 Å². The van der Waals surface area contributed by atoms with Gasteiger partial charge in [-0.15, -0.1) is 0 Å². The van der Waals surface area contributed by atoms with Crippen molar-refractivity contribution in [3.8, 4) is 0 Å². The molecule has 0 spiro atoms. The molecule has 1 N–H and O–H groups in total. The molecule has 2 aromatic rings. The molecule has 0 unspecified atom stereocenters. The second-order valence-electron chi connectivity index (χ2n) is 12.4. The van der Waals surface area contributed by atoms with Gasteiger partial charge in [-0.05, 0) is 82.8 Å². The van der Waals surface area contributed by atoms with Gasteiger partial charge in [0.2, 0.25) is 5.71 Å². The number of piperidine rings is 2. The minimum atomic E-state index is -1.31. The van der Waals surface area contributed by atoms with Gasteiger partial charge < -0.3 is 14.5 Å². The van der Waals surface area contributed by atoms with Crippen molar-refractivity contribution in [1.29, 1.82) is 0 Å². The Hall–Kier alpha value is -2.74. The number of benzene rings is 1. The van der Waals surface area contributed by atoms with Crippen molar-refractivity contribution in [3.63, 3.8) is 0 Å². The number of aliphatic carboxylic acids is 1. The molecule has 38 heavy (non-hydrogen) atoms. The predicted molar refractivity (Wildman–Crippen MR) is 146 cm³/mol. The zero-order valence-electron chi connectivity index (χ0n) is 22.6. The summed E-state index contributed by atoms with van der Waals surface area (Å²) in [6.07, 6.45) is 13.4. The smallest absolute Gasteiger partial charge is 0.360 e. The normalized spacial score (nSPS) is 31.9. The summed E-state index contributed by atoms with van der Waals surface area (Å²) < 4.78 is 1.84. The van der Waals surface area contributed by atoms with Crippen molar-refractivity contribution in [1.82, 2.24) is 14.5 Å². The summed E-state index contributed by atoms with van der Waals surface area (Å²) in [5, 5.41) is 13.7. The molecule has 1 aromatic heterocycles. The lowest BCUT2D eigenvalue weighted by atomic mass is 9.68. The Labute approximate surface area is 224 Å². The SMILES string of the molecule is CC(C)O/N=C(\C(=O)O)c1nc2ccccc2n([C@H]2C[C@H]3CCC[C@@H](C2)N3[C@H]2C[C@@H]3CCC[C@@H](C3)C2)c1=O. The van der Waals surface area contributed by atoms with E-state index in [1.54, 1.807) is 13.8 Å². The van der Waals surface area contributed by atoms with E-state index >= 15 is 0 Å². The van der Waals surface area contributed by atoms with Gasteiger partial charge in [-0.2, -0.15) is 0 Å². The molecule has 4 aliphatic rings. The van der Waals surface area contributed by atoms with Gasteiger partial charge in [0.25, 0.3) is 5.56 Å². The second-order valence-corrected chi connectivity index (χ2v) is 12.4. The molecule has 0 radical (unpaired) electrons. The van der Waals surface area contributed by atoms with Gasteiger partial charge in [-0.1, -0.05) is 43.0 Å². The van der Waals surface area contributed by atoms with Crippen LogP contribution in [0.1, 0.15) is 96.2 Å². The summed E-state index contributed by atoms with van der Waals surface area (Å²) in [7, 11) is 0. The van der Waals surface area contributed by atoms with Crippen molar-refractivity contribution in [2.75, 3.05) is 0 Å². The molecule has 6 rings (SSSR count). The van der Waals surface area contributed by atoms with E-state index in [0.29, 0.717) is 23.6 Å². The molecule has 1 aromatic carbocycles. The zero-order chi connectivity index (χ0) is 26.4. The molecule has 8 heteroatoms. The van der Waals surface area contributed by atoms with Crippen molar-refractivity contribution in [3.05, 3.63) is 40.3 Å². The number of oxime groups is 1. The van der Waals surface area contributed by atoms with Gasteiger partial charge in [-0.3, -0.25) is 9.69 Å². The molecule has 2 saturated heterocycles. The molecule has 2 aliphatic heterocycles. The van der Waals surface area contributed by atoms with E-state index in [-0.39, 0.29) is 23.4 Å². The lowest BCUT2D eigenvalue weighted by molar-refractivity contribution is -0.129. The lowest BCUT2D eigenvalue weighted by Gasteiger charge is -2.55. The fourth-order valence-corrected chi connectivity index (χ4v) is 8.15. The van der Waals surface area contributed by atoms with Gasteiger partial charge in [0.05, 0.1) is 11.0 Å². The molecule has 8 nitrogen and oxygen atoms in total. The molecule has 4 bridgehead atoms. The Morgan fingerprint density at radius 3 is 2.26 bits per heavy atom. The van der Waals surface area contributed by atoms with E-state index in [9.17, 15) is 14.7 Å². The van der Waals surface area contributed by atoms with Gasteiger partial charge in [0, 0.05) is 24.2 Å². The van der Waals surface area contributed by atoms with E-state index in [0.717, 1.165) is 30.2 Å². The van der Waals surface area contributed by atoms with Crippen molar-refractivity contribution < 1.29 is 14.7 Å². The van der Waals surface area contributed by atoms with Crippen LogP contribution in [0.5, 0.6) is 0 Å². The summed E-state index contributed by atoms with van der Waals surface area (Å²) in [5.74, 6) is 0.468. The Balaban J connectivity index is 1.37. The fourth-order valence-electron chi connectivity index (χ4n) is 8.15. The maximum absolute atomic E-state index is 14.0. The zero-order valence-corrected chi connectivity index (χ0v) is 22.6. The fraction of sp³-hybridized carbons (Fsp3) is 0.667. The van der Waals surface area contributed by atoms with Crippen LogP contribution in [0.3, 0.4) is 0 Å². The van der Waals surface area contributed by atoms with Crippen LogP contribution in [0.25, 0.3) is 11.0 Å². The molecule has 2 aliphatic carbocycles. The average Bonchev–Trinajstić information content (AvgIpc) is 2.87. The number of carbonyl (C=O) groups is 1. The third-order valence-corrected chi connectivity index (χ3v) is 9.47. The quantitative estimate of drug-likeness (QED) is 0.419. The highest BCUT2D eigenvalue weighted by Gasteiger charge is 2.45. The van der Waals surface area contributed by atoms with Gasteiger partial charge >= 0.3 is 5.97 Å². The number of aromatic nitrogens is 2. The summed E-state index contributed by atoms with van der Waals surface area (Å²) in [6.45, 7) is 3.53. The number of nitrogens with zero attached hydrogens (tertiary/aromatic N) is 4. The highest BCUT2D eigenvalue weighted by atomic mass is 16.6. The number of hydrogen-bond donors (Lipinski definition) is 1. The third kappa shape index (κ3) is 4.76. The Morgan fingerprint density at radius 1 is 0.947 bits per heavy atom. The van der Waals surface area contributed by atoms with Crippen LogP contribution in [0, 0.1) is 11.8 Å². The molecule has 204 valence electrons. The van der Waals surface area contributed by atoms with E-state index in [1.165, 1.54) is 57.8 Å². The highest BCUT2D eigenvalue weighted by molar-refractivity contribution is 6.41. The molecule has 3 heterocycles. The molecular formula is C30H40N4O4. The molecule has 4 fully saturated rings. The Kier molecular flexibility index (Phi) is 7.01. The largest absolute Gasteiger partial charge is 0.476 e. The minimum Gasteiger partial charge on any atom is -0.476 e. The molecule has 6 atom stereocenters. The molecule has 2 saturated carbocycles. The second kappa shape index (κ2) is 10.4. The first-order valence-electron chi connectivity index (χ1n) is 14.6. The third-order valence-electron chi connectivity index (χ3n) is 9.47. The van der Waals surface area contributed by atoms with Crippen LogP contribution >= 0.6 is 0 Å². The summed E-state index contributed by atoms with van der Waals surface area (Å²) in [5.41, 5.74) is 0.396. The molecule has 0 amide bonds. The number of hydrogen-bond acceptors (Lipinski definition) is 6. The maximum Gasteiger partial charge on any atom is 0.360 e. The maximum atomic E-state index is 14.0. The monoisotopic (exact) mass is 520 g/mol. The van der Waals surface area contributed by atoms with Crippen LogP contribution in [0.4, 0.5) is 0 Å². The first-order chi connectivity index (χ1) is 18.4. The topological polar surface area (TPSA) is 97.0 Å². The van der Waals surface area contributed by atoms with Gasteiger partial charge in [0.15, 0.2) is 5.69 Å². The predicted octanol–water partition coefficient (Wildman–Crippen LogP) is 5.14. The highest BCUT2D eigenvalue weighted by Crippen LogP contribution is 2.47. The number of carboxylic acid groups (broad SMARTS) is 1. The Morgan fingerprint density at radius 2 is 1.61 bits per heavy atom. The number of para-hydroxylation sites is 2. The lowest BCUT2D eigenvalue weighted by Crippen LogP contribution is -2.58. The van der Waals surface area contributed by atoms with Gasteiger partial charge in [-0.25, -0.2) is 9.78 Å². The standard InChI is InChI=1S/C30H40N4O4/c1-18(2)38-32-28(30(36)37)27-29(35)34(26-12-4-3-11-25(26)31-27)24-16-21-9-6-10-22(17-24)33(21)23-14-19-7-5-8-20(13-19)15-23/h3-4,11-12,18-24H,5-10,13-17H2,1-2H3,(H,36,37)/b32-28-/t19-,20+,21-,22+,23+,24+. The van der Waals surface area contributed by atoms with Crippen LogP contribution in [-0.2, 0) is 9.63 Å². The van der Waals surface area contributed by atoms with E-state index in [2.05, 4.69) is 15.0 Å². The number of rotatable bonds is 6. The first kappa shape index (κ1) is 25.5. The summed E-state index contributed by atoms with van der Waals surface area (Å²) in [4.78, 5) is 38.8. The summed E-state index contributed by atoms with van der Waals surface area (Å²) >= 11 is 0. The van der Waals surface area contributed by atoms with Crippen molar-refractivity contribution in [2.24, 2.45) is 17.0 Å². The van der Waals surface area contributed by atoms with E-state index in [4.69, 9.17) is 4.84 Å². The van der Waals surface area contributed by atoms with Crippen molar-refractivity contribution in [2.45, 2.75) is 115 Å². The molecular weight excluding hydrogens is 480 g/mol. The van der Waals surface area contributed by atoms with Crippen LogP contribution in [0.2, 0.25) is 0 Å². The van der Waals surface area contributed by atoms with Crippen LogP contribution in [0.15, 0.2) is 34.2 Å². The van der Waals surface area contributed by atoms with E-state index in [1.807, 2.05) is 28.8 Å². The van der Waals surface area contributed by atoms with Crippen molar-refractivity contribution >= 4 is 22.7 Å². The van der Waals surface area contributed by atoms with Gasteiger partial charge in [0.1, 0.15) is 6.10 Å². The Bertz CT molecular complexity index is 1260. The minimum absolute atomic E-state index is 0.00449.